The molecular weight excluding hydrogens is 440 g/mol. The number of nitrogens with zero attached hydrogens (tertiary/aromatic N) is 2. The molecule has 0 aromatic heterocycles. The van der Waals surface area contributed by atoms with Crippen LogP contribution < -0.4 is 4.74 Å². The minimum Gasteiger partial charge on any atom is -0.491 e. The van der Waals surface area contributed by atoms with Crippen molar-refractivity contribution >= 4 is 23.5 Å². The highest BCUT2D eigenvalue weighted by Crippen LogP contribution is 2.27. The van der Waals surface area contributed by atoms with Crippen molar-refractivity contribution in [1.82, 2.24) is 9.80 Å². The summed E-state index contributed by atoms with van der Waals surface area (Å²) in [7, 11) is 1.46. The Hall–Kier alpha value is -2.57. The fourth-order valence-electron chi connectivity index (χ4n) is 4.61. The van der Waals surface area contributed by atoms with Crippen LogP contribution in [0, 0.1) is 5.92 Å². The van der Waals surface area contributed by atoms with Crippen LogP contribution in [-0.4, -0.2) is 55.0 Å². The lowest BCUT2D eigenvalue weighted by molar-refractivity contribution is -0.147. The molecule has 0 unspecified atom stereocenters. The highest BCUT2D eigenvalue weighted by Gasteiger charge is 2.26. The first-order chi connectivity index (χ1) is 16.0. The maximum Gasteiger partial charge on any atom is 0.308 e. The highest BCUT2D eigenvalue weighted by molar-refractivity contribution is 6.31. The first kappa shape index (κ1) is 23.6. The fraction of sp³-hybridized carbons (Fsp3) is 0.462. The van der Waals surface area contributed by atoms with Gasteiger partial charge < -0.3 is 14.4 Å². The molecule has 0 aliphatic carbocycles. The Morgan fingerprint density at radius 3 is 2.67 bits per heavy atom. The second-order valence-corrected chi connectivity index (χ2v) is 9.18. The summed E-state index contributed by atoms with van der Waals surface area (Å²) in [5.41, 5.74) is 3.23. The number of carbonyl (C=O) groups excluding carboxylic acids is 2. The molecule has 6 nitrogen and oxygen atoms in total. The molecule has 1 saturated heterocycles. The molecule has 33 heavy (non-hydrogen) atoms. The number of benzene rings is 2. The van der Waals surface area contributed by atoms with Gasteiger partial charge >= 0.3 is 5.97 Å². The Morgan fingerprint density at radius 2 is 1.91 bits per heavy atom. The highest BCUT2D eigenvalue weighted by atomic mass is 35.5. The van der Waals surface area contributed by atoms with E-state index in [1.807, 2.05) is 35.2 Å². The molecule has 0 atom stereocenters. The van der Waals surface area contributed by atoms with Crippen molar-refractivity contribution in [3.63, 3.8) is 0 Å². The Balaban J connectivity index is 1.35. The van der Waals surface area contributed by atoms with Gasteiger partial charge in [-0.1, -0.05) is 35.9 Å². The minimum absolute atomic E-state index is 0.0111. The van der Waals surface area contributed by atoms with Gasteiger partial charge in [-0.3, -0.25) is 14.5 Å². The molecule has 0 radical (unpaired) electrons. The molecule has 2 aliphatic rings. The third kappa shape index (κ3) is 6.06. The second kappa shape index (κ2) is 11.0. The third-order valence-corrected chi connectivity index (χ3v) is 6.92. The first-order valence-electron chi connectivity index (χ1n) is 11.6. The van der Waals surface area contributed by atoms with Gasteiger partial charge in [-0.25, -0.2) is 0 Å². The van der Waals surface area contributed by atoms with E-state index in [0.717, 1.165) is 49.4 Å². The van der Waals surface area contributed by atoms with E-state index in [0.29, 0.717) is 37.6 Å². The van der Waals surface area contributed by atoms with Crippen LogP contribution in [0.1, 0.15) is 36.0 Å². The summed E-state index contributed by atoms with van der Waals surface area (Å²) in [4.78, 5) is 28.9. The Kier molecular flexibility index (Phi) is 7.89. The number of hydrogen-bond acceptors (Lipinski definition) is 5. The number of aryl methyl sites for hydroxylation is 1. The second-order valence-electron chi connectivity index (χ2n) is 8.77. The zero-order valence-corrected chi connectivity index (χ0v) is 19.9. The number of rotatable bonds is 6. The standard InChI is InChI=1S/C26H31ClN2O4/c1-32-26(31)21-10-12-28(13-11-21)17-19-6-8-24-22(16-19)18-29(14-15-33-24)25(30)9-7-20-4-2-3-5-23(20)27/h2-6,8,16,21H,7,9-15,17-18H2,1H3. The van der Waals surface area contributed by atoms with E-state index in [9.17, 15) is 9.59 Å². The van der Waals surface area contributed by atoms with Gasteiger partial charge in [-0.2, -0.15) is 0 Å². The molecule has 0 bridgehead atoms. The zero-order valence-electron chi connectivity index (χ0n) is 19.1. The molecule has 0 spiro atoms. The number of ether oxygens (including phenoxy) is 2. The summed E-state index contributed by atoms with van der Waals surface area (Å²) >= 11 is 6.24. The van der Waals surface area contributed by atoms with Crippen molar-refractivity contribution in [3.05, 3.63) is 64.2 Å². The van der Waals surface area contributed by atoms with Gasteiger partial charge in [0.25, 0.3) is 0 Å². The van der Waals surface area contributed by atoms with Gasteiger partial charge in [0.05, 0.1) is 19.6 Å². The van der Waals surface area contributed by atoms with Crippen LogP contribution in [0.15, 0.2) is 42.5 Å². The summed E-state index contributed by atoms with van der Waals surface area (Å²) in [5, 5.41) is 0.704. The van der Waals surface area contributed by atoms with Crippen LogP contribution in [0.5, 0.6) is 5.75 Å². The van der Waals surface area contributed by atoms with E-state index in [2.05, 4.69) is 17.0 Å². The van der Waals surface area contributed by atoms with E-state index in [1.54, 1.807) is 0 Å². The average molecular weight is 471 g/mol. The van der Waals surface area contributed by atoms with Crippen molar-refractivity contribution in [2.24, 2.45) is 5.92 Å². The molecule has 4 rings (SSSR count). The van der Waals surface area contributed by atoms with Crippen molar-refractivity contribution < 1.29 is 19.1 Å². The summed E-state index contributed by atoms with van der Waals surface area (Å²) < 4.78 is 10.8. The average Bonchev–Trinajstić information content (AvgIpc) is 3.05. The summed E-state index contributed by atoms with van der Waals surface area (Å²) in [6.07, 6.45) is 2.71. The number of fused-ring (bicyclic) bond motifs is 1. The van der Waals surface area contributed by atoms with E-state index in [-0.39, 0.29) is 17.8 Å². The largest absolute Gasteiger partial charge is 0.491 e. The van der Waals surface area contributed by atoms with E-state index < -0.39 is 0 Å². The van der Waals surface area contributed by atoms with Gasteiger partial charge in [-0.05, 0) is 61.7 Å². The smallest absolute Gasteiger partial charge is 0.308 e. The SMILES string of the molecule is COC(=O)C1CCN(Cc2ccc3c(c2)CN(C(=O)CCc2ccccc2Cl)CCO3)CC1. The van der Waals surface area contributed by atoms with Crippen LogP contribution in [0.2, 0.25) is 5.02 Å². The summed E-state index contributed by atoms with van der Waals surface area (Å²) in [5.74, 6) is 0.874. The van der Waals surface area contributed by atoms with Gasteiger partial charge in [0.2, 0.25) is 5.91 Å². The molecule has 7 heteroatoms. The van der Waals surface area contributed by atoms with Crippen molar-refractivity contribution in [2.45, 2.75) is 38.8 Å². The number of halogens is 1. The van der Waals surface area contributed by atoms with Gasteiger partial charge in [0.15, 0.2) is 0 Å². The minimum atomic E-state index is -0.101. The first-order valence-corrected chi connectivity index (χ1v) is 12.0. The van der Waals surface area contributed by atoms with E-state index >= 15 is 0 Å². The predicted molar refractivity (Wildman–Crippen MR) is 127 cm³/mol. The molecular formula is C26H31ClN2O4. The van der Waals surface area contributed by atoms with Crippen LogP contribution in [-0.2, 0) is 33.8 Å². The monoisotopic (exact) mass is 470 g/mol. The molecule has 176 valence electrons. The number of esters is 1. The fourth-order valence-corrected chi connectivity index (χ4v) is 4.84. The Bertz CT molecular complexity index is 988. The Labute approximate surface area is 200 Å². The van der Waals surface area contributed by atoms with Gasteiger partial charge in [0.1, 0.15) is 12.4 Å². The molecule has 2 aliphatic heterocycles. The molecule has 2 heterocycles. The lowest BCUT2D eigenvalue weighted by Gasteiger charge is -2.30. The quantitative estimate of drug-likeness (QED) is 0.595. The maximum absolute atomic E-state index is 12.9. The number of piperidine rings is 1. The number of hydrogen-bond donors (Lipinski definition) is 0. The summed E-state index contributed by atoms with van der Waals surface area (Å²) in [6, 6.07) is 13.9. The lowest BCUT2D eigenvalue weighted by Crippen LogP contribution is -2.36. The van der Waals surface area contributed by atoms with E-state index in [4.69, 9.17) is 21.1 Å². The Morgan fingerprint density at radius 1 is 1.12 bits per heavy atom. The summed E-state index contributed by atoms with van der Waals surface area (Å²) in [6.45, 7) is 4.19. The molecule has 1 fully saturated rings. The predicted octanol–water partition coefficient (Wildman–Crippen LogP) is 4.08. The van der Waals surface area contributed by atoms with Crippen LogP contribution in [0.25, 0.3) is 0 Å². The van der Waals surface area contributed by atoms with Crippen LogP contribution >= 0.6 is 11.6 Å². The maximum atomic E-state index is 12.9. The molecule has 0 saturated carbocycles. The van der Waals surface area contributed by atoms with E-state index in [1.165, 1.54) is 12.7 Å². The third-order valence-electron chi connectivity index (χ3n) is 6.55. The molecule has 2 aromatic carbocycles. The molecule has 0 N–H and O–H groups in total. The van der Waals surface area contributed by atoms with Crippen molar-refractivity contribution in [1.29, 1.82) is 0 Å². The number of carbonyl (C=O) groups is 2. The van der Waals surface area contributed by atoms with Gasteiger partial charge in [0, 0.05) is 30.1 Å². The zero-order chi connectivity index (χ0) is 23.2. The number of methoxy groups -OCH3 is 1. The number of amides is 1. The van der Waals surface area contributed by atoms with Crippen LogP contribution in [0.4, 0.5) is 0 Å². The van der Waals surface area contributed by atoms with Crippen LogP contribution in [0.3, 0.4) is 0 Å². The van der Waals surface area contributed by atoms with Gasteiger partial charge in [-0.15, -0.1) is 0 Å². The topological polar surface area (TPSA) is 59.1 Å². The molecule has 1 amide bonds. The lowest BCUT2D eigenvalue weighted by atomic mass is 9.96. The number of likely N-dealkylation sites (tertiary alicyclic amines) is 1. The van der Waals surface area contributed by atoms with Crippen molar-refractivity contribution in [3.8, 4) is 5.75 Å². The van der Waals surface area contributed by atoms with Crippen molar-refractivity contribution in [2.75, 3.05) is 33.4 Å². The molecule has 2 aromatic rings. The normalized spacial score (nSPS) is 17.1.